The monoisotopic (exact) mass is 342 g/mol. The van der Waals surface area contributed by atoms with Gasteiger partial charge in [0.25, 0.3) is 0 Å². The van der Waals surface area contributed by atoms with Gasteiger partial charge in [0.05, 0.1) is 15.9 Å². The zero-order valence-corrected chi connectivity index (χ0v) is 12.8. The lowest BCUT2D eigenvalue weighted by Gasteiger charge is -2.07. The van der Waals surface area contributed by atoms with Gasteiger partial charge in [-0.3, -0.25) is 9.48 Å². The summed E-state index contributed by atoms with van der Waals surface area (Å²) in [5, 5.41) is 8.15. The Hall–Kier alpha value is -1.90. The van der Waals surface area contributed by atoms with Crippen LogP contribution in [0.1, 0.15) is 18.3 Å². The van der Waals surface area contributed by atoms with Crippen molar-refractivity contribution in [2.75, 3.05) is 5.73 Å². The van der Waals surface area contributed by atoms with Crippen LogP contribution in [0.3, 0.4) is 0 Å². The van der Waals surface area contributed by atoms with Crippen molar-refractivity contribution in [2.45, 2.75) is 33.5 Å². The first-order valence-electron chi connectivity index (χ1n) is 6.03. The Labute approximate surface area is 124 Å². The van der Waals surface area contributed by atoms with Crippen molar-refractivity contribution in [3.63, 3.8) is 0 Å². The summed E-state index contributed by atoms with van der Waals surface area (Å²) >= 11 is 3.44. The minimum absolute atomic E-state index is 0.0267. The summed E-state index contributed by atoms with van der Waals surface area (Å²) < 4.78 is 9.20. The number of aromatic nitrogens is 5. The van der Waals surface area contributed by atoms with E-state index in [1.165, 1.54) is 11.0 Å². The second kappa shape index (κ2) is 6.04. The van der Waals surface area contributed by atoms with Crippen LogP contribution in [-0.4, -0.2) is 30.5 Å². The highest BCUT2D eigenvalue weighted by molar-refractivity contribution is 9.10. The smallest absolute Gasteiger partial charge is 0.328 e. The number of ether oxygens (including phenoxy) is 1. The summed E-state index contributed by atoms with van der Waals surface area (Å²) in [6.45, 7) is 4.69. The molecule has 0 radical (unpaired) electrons. The van der Waals surface area contributed by atoms with Gasteiger partial charge >= 0.3 is 5.97 Å². The molecule has 0 aliphatic rings. The first-order chi connectivity index (χ1) is 9.51. The van der Waals surface area contributed by atoms with Gasteiger partial charge in [-0.05, 0) is 29.8 Å². The van der Waals surface area contributed by atoms with Crippen molar-refractivity contribution in [3.8, 4) is 0 Å². The average molecular weight is 343 g/mol. The Morgan fingerprint density at radius 2 is 2.25 bits per heavy atom. The fourth-order valence-corrected chi connectivity index (χ4v) is 2.12. The van der Waals surface area contributed by atoms with Crippen molar-refractivity contribution in [2.24, 2.45) is 0 Å². The molecule has 0 spiro atoms. The molecule has 0 saturated heterocycles. The van der Waals surface area contributed by atoms with Crippen LogP contribution in [0.25, 0.3) is 0 Å². The summed E-state index contributed by atoms with van der Waals surface area (Å²) in [5.74, 6) is -0.288. The molecule has 0 aliphatic heterocycles. The van der Waals surface area contributed by atoms with Crippen LogP contribution in [0.15, 0.2) is 10.8 Å². The zero-order valence-electron chi connectivity index (χ0n) is 11.2. The van der Waals surface area contributed by atoms with Crippen molar-refractivity contribution in [3.05, 3.63) is 22.2 Å². The highest BCUT2D eigenvalue weighted by Crippen LogP contribution is 2.21. The molecule has 108 valence electrons. The third kappa shape index (κ3) is 3.16. The number of hydrogen-bond acceptors (Lipinski definition) is 6. The number of hydrogen-bond donors (Lipinski definition) is 1. The van der Waals surface area contributed by atoms with Gasteiger partial charge in [-0.1, -0.05) is 0 Å². The van der Waals surface area contributed by atoms with Crippen LogP contribution >= 0.6 is 15.9 Å². The maximum Gasteiger partial charge on any atom is 0.328 e. The molecular weight excluding hydrogens is 328 g/mol. The average Bonchev–Trinajstić information content (AvgIpc) is 2.92. The number of esters is 1. The van der Waals surface area contributed by atoms with Gasteiger partial charge in [-0.2, -0.15) is 5.10 Å². The van der Waals surface area contributed by atoms with E-state index >= 15 is 0 Å². The van der Waals surface area contributed by atoms with Crippen LogP contribution < -0.4 is 5.73 Å². The molecule has 2 N–H and O–H groups in total. The van der Waals surface area contributed by atoms with Crippen molar-refractivity contribution < 1.29 is 9.53 Å². The van der Waals surface area contributed by atoms with Crippen LogP contribution in [-0.2, 0) is 29.2 Å². The third-order valence-corrected chi connectivity index (χ3v) is 3.70. The minimum atomic E-state index is -0.414. The quantitative estimate of drug-likeness (QED) is 0.809. The van der Waals surface area contributed by atoms with Crippen molar-refractivity contribution in [1.82, 2.24) is 24.5 Å². The van der Waals surface area contributed by atoms with E-state index in [9.17, 15) is 4.79 Å². The fourth-order valence-electron chi connectivity index (χ4n) is 1.72. The van der Waals surface area contributed by atoms with Crippen LogP contribution in [0.4, 0.5) is 5.95 Å². The Morgan fingerprint density at radius 3 is 2.85 bits per heavy atom. The molecule has 0 atom stereocenters. The van der Waals surface area contributed by atoms with Gasteiger partial charge < -0.3 is 10.5 Å². The van der Waals surface area contributed by atoms with Gasteiger partial charge in [-0.25, -0.2) is 9.67 Å². The number of nitrogens with zero attached hydrogens (tertiary/aromatic N) is 5. The molecular formula is C11H15BrN6O2. The fraction of sp³-hybridized carbons (Fsp3) is 0.455. The molecule has 0 aromatic carbocycles. The van der Waals surface area contributed by atoms with Gasteiger partial charge in [0.15, 0.2) is 0 Å². The zero-order chi connectivity index (χ0) is 14.7. The molecule has 2 heterocycles. The Kier molecular flexibility index (Phi) is 4.38. The molecule has 0 saturated carbocycles. The number of aryl methyl sites for hydroxylation is 2. The second-order valence-corrected chi connectivity index (χ2v) is 4.92. The number of rotatable bonds is 5. The maximum absolute atomic E-state index is 11.7. The predicted molar refractivity (Wildman–Crippen MR) is 74.6 cm³/mol. The standard InChI is InChI=1S/C11H15BrN6O2/c1-3-18-8(10(12)7(2)15-18)5-20-9(19)4-17-6-14-11(13)16-17/h6H,3-5H2,1-2H3,(H2,13,16). The third-order valence-electron chi connectivity index (χ3n) is 2.67. The molecule has 9 heteroatoms. The first kappa shape index (κ1) is 14.5. The summed E-state index contributed by atoms with van der Waals surface area (Å²) in [6.07, 6.45) is 1.38. The number of carbonyl (C=O) groups excluding carboxylic acids is 1. The SMILES string of the molecule is CCn1nc(C)c(Br)c1COC(=O)Cn1cnc(N)n1. The highest BCUT2D eigenvalue weighted by Gasteiger charge is 2.14. The summed E-state index contributed by atoms with van der Waals surface area (Å²) in [7, 11) is 0. The molecule has 2 aromatic heterocycles. The number of halogens is 1. The lowest BCUT2D eigenvalue weighted by molar-refractivity contribution is -0.146. The van der Waals surface area contributed by atoms with E-state index in [4.69, 9.17) is 10.5 Å². The number of nitrogens with two attached hydrogens (primary N) is 1. The van der Waals surface area contributed by atoms with Gasteiger partial charge in [0, 0.05) is 6.54 Å². The Bertz CT molecular complexity index is 620. The van der Waals surface area contributed by atoms with E-state index in [2.05, 4.69) is 31.1 Å². The molecule has 0 fully saturated rings. The molecule has 0 amide bonds. The Morgan fingerprint density at radius 1 is 1.50 bits per heavy atom. The molecule has 2 aromatic rings. The molecule has 0 unspecified atom stereocenters. The second-order valence-electron chi connectivity index (χ2n) is 4.12. The van der Waals surface area contributed by atoms with Crippen molar-refractivity contribution >= 4 is 27.8 Å². The maximum atomic E-state index is 11.7. The number of nitrogen functional groups attached to an aromatic ring is 1. The molecule has 20 heavy (non-hydrogen) atoms. The normalized spacial score (nSPS) is 10.8. The van der Waals surface area contributed by atoms with E-state index in [1.807, 2.05) is 13.8 Å². The number of carbonyl (C=O) groups is 1. The molecule has 8 nitrogen and oxygen atoms in total. The summed E-state index contributed by atoms with van der Waals surface area (Å²) in [6, 6.07) is 0. The molecule has 0 aliphatic carbocycles. The lowest BCUT2D eigenvalue weighted by atomic mass is 10.4. The first-order valence-corrected chi connectivity index (χ1v) is 6.83. The summed E-state index contributed by atoms with van der Waals surface area (Å²) in [5.41, 5.74) is 7.06. The van der Waals surface area contributed by atoms with Gasteiger partial charge in [-0.15, -0.1) is 5.10 Å². The molecule has 2 rings (SSSR count). The molecule has 0 bridgehead atoms. The van der Waals surface area contributed by atoms with Crippen LogP contribution in [0, 0.1) is 6.92 Å². The van der Waals surface area contributed by atoms with E-state index in [0.717, 1.165) is 15.9 Å². The minimum Gasteiger partial charge on any atom is -0.458 e. The number of anilines is 1. The summed E-state index contributed by atoms with van der Waals surface area (Å²) in [4.78, 5) is 15.4. The highest BCUT2D eigenvalue weighted by atomic mass is 79.9. The van der Waals surface area contributed by atoms with Crippen molar-refractivity contribution in [1.29, 1.82) is 0 Å². The lowest BCUT2D eigenvalue weighted by Crippen LogP contribution is -2.15. The van der Waals surface area contributed by atoms with Gasteiger partial charge in [0.2, 0.25) is 5.95 Å². The van der Waals surface area contributed by atoms with Crippen LogP contribution in [0.2, 0.25) is 0 Å². The topological polar surface area (TPSA) is 101 Å². The largest absolute Gasteiger partial charge is 0.458 e. The predicted octanol–water partition coefficient (Wildman–Crippen LogP) is 0.891. The van der Waals surface area contributed by atoms with Crippen LogP contribution in [0.5, 0.6) is 0 Å². The van der Waals surface area contributed by atoms with E-state index < -0.39 is 5.97 Å². The van der Waals surface area contributed by atoms with E-state index in [-0.39, 0.29) is 19.1 Å². The van der Waals surface area contributed by atoms with E-state index in [1.54, 1.807) is 4.68 Å². The van der Waals surface area contributed by atoms with Gasteiger partial charge in [0.1, 0.15) is 19.5 Å². The van der Waals surface area contributed by atoms with E-state index in [0.29, 0.717) is 6.54 Å². The Balaban J connectivity index is 1.96.